The lowest BCUT2D eigenvalue weighted by atomic mass is 10.1. The quantitative estimate of drug-likeness (QED) is 0.0872. The first-order valence-corrected chi connectivity index (χ1v) is 16.8. The van der Waals surface area contributed by atoms with Crippen molar-refractivity contribution < 1.29 is 9.05 Å². The summed E-state index contributed by atoms with van der Waals surface area (Å²) in [5.41, 5.74) is 1.48. The van der Waals surface area contributed by atoms with Crippen molar-refractivity contribution in [3.63, 3.8) is 0 Å². The van der Waals surface area contributed by atoms with E-state index in [0.717, 1.165) is 19.4 Å². The van der Waals surface area contributed by atoms with Crippen molar-refractivity contribution in [2.45, 2.75) is 149 Å². The summed E-state index contributed by atoms with van der Waals surface area (Å²) in [7, 11) is -0.679. The average molecular weight is 507 g/mol. The summed E-state index contributed by atoms with van der Waals surface area (Å²) >= 11 is 0. The van der Waals surface area contributed by atoms with Crippen LogP contribution in [-0.4, -0.2) is 19.4 Å². The van der Waals surface area contributed by atoms with Gasteiger partial charge in [0.1, 0.15) is 0 Å². The van der Waals surface area contributed by atoms with Crippen LogP contribution in [0.3, 0.4) is 0 Å². The van der Waals surface area contributed by atoms with Crippen LogP contribution in [0, 0.1) is 0 Å². The SMILES string of the molecule is CCCCCCCCCOP(CCCCCCCCc1ccccc1)OCCCCCCCCC. The molecule has 3 heteroatoms. The fourth-order valence-electron chi connectivity index (χ4n) is 4.54. The average Bonchev–Trinajstić information content (AvgIpc) is 2.88. The Bertz CT molecular complexity index is 502. The third kappa shape index (κ3) is 22.5. The van der Waals surface area contributed by atoms with E-state index in [1.165, 1.54) is 140 Å². The molecule has 0 amide bonds. The number of benzene rings is 1. The van der Waals surface area contributed by atoms with Gasteiger partial charge in [-0.2, -0.15) is 0 Å². The maximum absolute atomic E-state index is 6.27. The molecule has 35 heavy (non-hydrogen) atoms. The van der Waals surface area contributed by atoms with Crippen molar-refractivity contribution in [1.29, 1.82) is 0 Å². The number of aryl methyl sites for hydroxylation is 1. The van der Waals surface area contributed by atoms with Gasteiger partial charge in [0, 0.05) is 6.16 Å². The van der Waals surface area contributed by atoms with Crippen molar-refractivity contribution in [3.8, 4) is 0 Å². The lowest BCUT2D eigenvalue weighted by molar-refractivity contribution is 0.239. The minimum Gasteiger partial charge on any atom is -0.334 e. The van der Waals surface area contributed by atoms with Gasteiger partial charge in [-0.05, 0) is 37.7 Å². The third-order valence-electron chi connectivity index (χ3n) is 6.87. The molecule has 0 aliphatic carbocycles. The van der Waals surface area contributed by atoms with E-state index in [0.29, 0.717) is 0 Å². The Labute approximate surface area is 221 Å². The maximum atomic E-state index is 6.27. The third-order valence-corrected chi connectivity index (χ3v) is 8.49. The molecule has 0 aliphatic heterocycles. The van der Waals surface area contributed by atoms with Gasteiger partial charge in [0.25, 0.3) is 0 Å². The van der Waals surface area contributed by atoms with Crippen LogP contribution in [0.5, 0.6) is 0 Å². The molecule has 1 rings (SSSR count). The van der Waals surface area contributed by atoms with Crippen molar-refractivity contribution in [2.24, 2.45) is 0 Å². The standard InChI is InChI=1S/C32H59O2P/c1-3-5-7-9-12-16-23-29-33-35(34-30-24-17-13-10-8-6-4-2)31-25-18-14-11-15-20-26-32-27-21-19-22-28-32/h19,21-22,27-28H,3-18,20,23-26,29-31H2,1-2H3. The molecule has 0 atom stereocenters. The summed E-state index contributed by atoms with van der Waals surface area (Å²) in [5.74, 6) is 0. The van der Waals surface area contributed by atoms with Crippen LogP contribution < -0.4 is 0 Å². The highest BCUT2D eigenvalue weighted by molar-refractivity contribution is 7.47. The molecule has 0 aliphatic rings. The van der Waals surface area contributed by atoms with Gasteiger partial charge in [-0.25, -0.2) is 0 Å². The first-order valence-electron chi connectivity index (χ1n) is 15.4. The lowest BCUT2D eigenvalue weighted by Gasteiger charge is -2.18. The minimum atomic E-state index is -0.679. The molecule has 0 saturated heterocycles. The van der Waals surface area contributed by atoms with Crippen molar-refractivity contribution >= 4 is 8.38 Å². The fraction of sp³-hybridized carbons (Fsp3) is 0.812. The number of hydrogen-bond donors (Lipinski definition) is 0. The number of rotatable bonds is 27. The number of hydrogen-bond acceptors (Lipinski definition) is 2. The molecule has 204 valence electrons. The summed E-state index contributed by atoms with van der Waals surface area (Å²) < 4.78 is 12.5. The molecule has 0 bridgehead atoms. The topological polar surface area (TPSA) is 18.5 Å². The predicted molar refractivity (Wildman–Crippen MR) is 158 cm³/mol. The van der Waals surface area contributed by atoms with Gasteiger partial charge in [0.15, 0.2) is 8.38 Å². The van der Waals surface area contributed by atoms with Crippen LogP contribution in [0.25, 0.3) is 0 Å². The van der Waals surface area contributed by atoms with Gasteiger partial charge in [-0.3, -0.25) is 0 Å². The second-order valence-electron chi connectivity index (χ2n) is 10.3. The molecule has 2 nitrogen and oxygen atoms in total. The van der Waals surface area contributed by atoms with Crippen LogP contribution in [0.4, 0.5) is 0 Å². The maximum Gasteiger partial charge on any atom is 0.170 e. The zero-order valence-corrected chi connectivity index (χ0v) is 24.5. The van der Waals surface area contributed by atoms with Crippen molar-refractivity contribution in [1.82, 2.24) is 0 Å². The molecular weight excluding hydrogens is 447 g/mol. The lowest BCUT2D eigenvalue weighted by Crippen LogP contribution is -2.00. The van der Waals surface area contributed by atoms with Gasteiger partial charge < -0.3 is 9.05 Å². The van der Waals surface area contributed by atoms with Crippen LogP contribution in [0.1, 0.15) is 148 Å². The Kier molecular flexibility index (Phi) is 24.8. The molecule has 0 heterocycles. The second-order valence-corrected chi connectivity index (χ2v) is 12.0. The predicted octanol–water partition coefficient (Wildman–Crippen LogP) is 11.4. The monoisotopic (exact) mass is 506 g/mol. The smallest absolute Gasteiger partial charge is 0.170 e. The highest BCUT2D eigenvalue weighted by Crippen LogP contribution is 2.40. The first kappa shape index (κ1) is 32.6. The van der Waals surface area contributed by atoms with E-state index in [-0.39, 0.29) is 0 Å². The van der Waals surface area contributed by atoms with Gasteiger partial charge in [0.05, 0.1) is 13.2 Å². The zero-order valence-electron chi connectivity index (χ0n) is 23.6. The Morgan fingerprint density at radius 1 is 0.486 bits per heavy atom. The Hall–Kier alpha value is -0.430. The van der Waals surface area contributed by atoms with E-state index in [2.05, 4.69) is 44.2 Å². The largest absolute Gasteiger partial charge is 0.334 e. The van der Waals surface area contributed by atoms with Gasteiger partial charge >= 0.3 is 0 Å². The van der Waals surface area contributed by atoms with Crippen LogP contribution >= 0.6 is 8.38 Å². The molecule has 1 aromatic rings. The van der Waals surface area contributed by atoms with E-state index in [1.54, 1.807) is 0 Å². The molecule has 0 N–H and O–H groups in total. The summed E-state index contributed by atoms with van der Waals surface area (Å²) in [6.07, 6.45) is 29.1. The fourth-order valence-corrected chi connectivity index (χ4v) is 6.02. The molecule has 0 spiro atoms. The second kappa shape index (κ2) is 26.6. The zero-order chi connectivity index (χ0) is 25.1. The number of unbranched alkanes of at least 4 members (excludes halogenated alkanes) is 17. The highest BCUT2D eigenvalue weighted by atomic mass is 31.2. The van der Waals surface area contributed by atoms with E-state index in [9.17, 15) is 0 Å². The van der Waals surface area contributed by atoms with Crippen LogP contribution in [0.2, 0.25) is 0 Å². The van der Waals surface area contributed by atoms with E-state index >= 15 is 0 Å². The van der Waals surface area contributed by atoms with E-state index < -0.39 is 8.38 Å². The molecule has 0 aromatic heterocycles. The summed E-state index contributed by atoms with van der Waals surface area (Å²) in [4.78, 5) is 0. The summed E-state index contributed by atoms with van der Waals surface area (Å²) in [6.45, 7) is 6.37. The van der Waals surface area contributed by atoms with Crippen LogP contribution in [0.15, 0.2) is 30.3 Å². The Morgan fingerprint density at radius 3 is 1.43 bits per heavy atom. The normalized spacial score (nSPS) is 11.5. The Balaban J connectivity index is 2.09. The molecule has 0 unspecified atom stereocenters. The minimum absolute atomic E-state index is 0.679. The molecule has 0 fully saturated rings. The summed E-state index contributed by atoms with van der Waals surface area (Å²) in [6, 6.07) is 10.9. The first-order chi connectivity index (χ1) is 17.4. The molecule has 1 aromatic carbocycles. The van der Waals surface area contributed by atoms with E-state index in [1.807, 2.05) is 0 Å². The van der Waals surface area contributed by atoms with Crippen molar-refractivity contribution in [3.05, 3.63) is 35.9 Å². The van der Waals surface area contributed by atoms with Gasteiger partial charge in [0.2, 0.25) is 0 Å². The molecule has 0 radical (unpaired) electrons. The van der Waals surface area contributed by atoms with Crippen LogP contribution in [-0.2, 0) is 15.5 Å². The van der Waals surface area contributed by atoms with Crippen molar-refractivity contribution in [2.75, 3.05) is 19.4 Å². The molecular formula is C32H59O2P. The van der Waals surface area contributed by atoms with Gasteiger partial charge in [-0.1, -0.05) is 147 Å². The molecule has 0 saturated carbocycles. The van der Waals surface area contributed by atoms with Gasteiger partial charge in [-0.15, -0.1) is 0 Å². The Morgan fingerprint density at radius 2 is 0.914 bits per heavy atom. The van der Waals surface area contributed by atoms with E-state index in [4.69, 9.17) is 9.05 Å². The highest BCUT2D eigenvalue weighted by Gasteiger charge is 2.10. The summed E-state index contributed by atoms with van der Waals surface area (Å²) in [5, 5.41) is 0.